The molecular formula is C13H11Cl2NO4. The second-order valence-electron chi connectivity index (χ2n) is 4.68. The van der Waals surface area contributed by atoms with Crippen molar-refractivity contribution in [1.82, 2.24) is 5.32 Å². The van der Waals surface area contributed by atoms with Crippen LogP contribution in [0.4, 0.5) is 0 Å². The number of hydrogen-bond donors (Lipinski definition) is 2. The molecule has 1 heterocycles. The number of hydrogen-bond acceptors (Lipinski definition) is 3. The Hall–Kier alpha value is -1.59. The van der Waals surface area contributed by atoms with Crippen LogP contribution in [-0.2, 0) is 19.8 Å². The molecule has 1 atom stereocenters. The number of carbonyl (C=O) groups is 3. The van der Waals surface area contributed by atoms with Gasteiger partial charge in [0.05, 0.1) is 28.4 Å². The third kappa shape index (κ3) is 2.64. The molecule has 1 aromatic carbocycles. The first-order valence-corrected chi connectivity index (χ1v) is 6.58. The Bertz CT molecular complexity index is 598. The molecule has 5 nitrogen and oxygen atoms in total. The van der Waals surface area contributed by atoms with Gasteiger partial charge in [-0.15, -0.1) is 0 Å². The molecule has 1 amide bonds. The van der Waals surface area contributed by atoms with Crippen LogP contribution >= 0.6 is 23.2 Å². The number of carbonyl (C=O) groups excluding carboxylic acids is 2. The van der Waals surface area contributed by atoms with Crippen LogP contribution in [0.15, 0.2) is 18.2 Å². The first-order valence-electron chi connectivity index (χ1n) is 5.82. The van der Waals surface area contributed by atoms with Crippen LogP contribution in [0, 0.1) is 0 Å². The molecule has 1 fully saturated rings. The Labute approximate surface area is 124 Å². The van der Waals surface area contributed by atoms with Crippen molar-refractivity contribution in [1.29, 1.82) is 0 Å². The van der Waals surface area contributed by atoms with Crippen molar-refractivity contribution in [3.63, 3.8) is 0 Å². The van der Waals surface area contributed by atoms with Crippen LogP contribution in [0.2, 0.25) is 10.0 Å². The third-order valence-corrected chi connectivity index (χ3v) is 4.04. The van der Waals surface area contributed by atoms with Crippen molar-refractivity contribution in [2.45, 2.75) is 18.3 Å². The summed E-state index contributed by atoms with van der Waals surface area (Å²) in [6.07, 6.45) is -0.647. The highest BCUT2D eigenvalue weighted by Gasteiger charge is 2.46. The fraction of sp³-hybridized carbons (Fsp3) is 0.308. The van der Waals surface area contributed by atoms with Crippen LogP contribution in [0.5, 0.6) is 0 Å². The number of carboxylic acids is 1. The maximum absolute atomic E-state index is 12.2. The zero-order valence-electron chi connectivity index (χ0n) is 10.3. The number of benzene rings is 1. The highest BCUT2D eigenvalue weighted by Crippen LogP contribution is 2.37. The predicted octanol–water partition coefficient (Wildman–Crippen LogP) is 1.79. The van der Waals surface area contributed by atoms with Crippen molar-refractivity contribution in [3.8, 4) is 0 Å². The van der Waals surface area contributed by atoms with Crippen molar-refractivity contribution in [3.05, 3.63) is 33.8 Å². The summed E-state index contributed by atoms with van der Waals surface area (Å²) in [7, 11) is 0. The quantitative estimate of drug-likeness (QED) is 0.890. The zero-order chi connectivity index (χ0) is 14.9. The fourth-order valence-corrected chi connectivity index (χ4v) is 2.66. The molecule has 2 N–H and O–H groups in total. The summed E-state index contributed by atoms with van der Waals surface area (Å²) >= 11 is 11.7. The van der Waals surface area contributed by atoms with E-state index in [2.05, 4.69) is 5.32 Å². The molecule has 1 saturated heterocycles. The summed E-state index contributed by atoms with van der Waals surface area (Å²) in [5, 5.41) is 12.0. The Morgan fingerprint density at radius 2 is 2.00 bits per heavy atom. The van der Waals surface area contributed by atoms with E-state index in [9.17, 15) is 14.4 Å². The molecule has 7 heteroatoms. The Morgan fingerprint density at radius 1 is 1.30 bits per heavy atom. The van der Waals surface area contributed by atoms with Gasteiger partial charge in [0, 0.05) is 6.42 Å². The van der Waals surface area contributed by atoms with Gasteiger partial charge in [-0.1, -0.05) is 29.3 Å². The highest BCUT2D eigenvalue weighted by molar-refractivity contribution is 6.42. The number of carboxylic acid groups (broad SMARTS) is 1. The molecule has 0 bridgehead atoms. The molecule has 106 valence electrons. The Kier molecular flexibility index (Phi) is 4.01. The number of halogens is 2. The number of aliphatic carboxylic acids is 1. The summed E-state index contributed by atoms with van der Waals surface area (Å²) in [6, 6.07) is 4.44. The number of amides is 1. The standard InChI is InChI=1S/C13H11Cl2NO4/c14-9-2-1-7(3-10(9)15)13(5-11(18)19)4-8(17)6-16-12(13)20/h1-3H,4-6H2,(H,16,20)(H,18,19). The molecule has 0 saturated carbocycles. The monoisotopic (exact) mass is 315 g/mol. The number of ketones is 1. The summed E-state index contributed by atoms with van der Waals surface area (Å²) in [5.41, 5.74) is -1.06. The number of rotatable bonds is 3. The van der Waals surface area contributed by atoms with Crippen LogP contribution in [0.25, 0.3) is 0 Å². The van der Waals surface area contributed by atoms with Crippen molar-refractivity contribution in [2.24, 2.45) is 0 Å². The lowest BCUT2D eigenvalue weighted by Gasteiger charge is -2.34. The van der Waals surface area contributed by atoms with Crippen molar-refractivity contribution < 1.29 is 19.5 Å². The maximum Gasteiger partial charge on any atom is 0.304 e. The Morgan fingerprint density at radius 3 is 2.60 bits per heavy atom. The highest BCUT2D eigenvalue weighted by atomic mass is 35.5. The van der Waals surface area contributed by atoms with Gasteiger partial charge in [0.15, 0.2) is 5.78 Å². The van der Waals surface area contributed by atoms with E-state index < -0.39 is 23.7 Å². The fourth-order valence-electron chi connectivity index (χ4n) is 2.36. The molecule has 0 aromatic heterocycles. The van der Waals surface area contributed by atoms with E-state index in [0.29, 0.717) is 10.6 Å². The largest absolute Gasteiger partial charge is 0.481 e. The van der Waals surface area contributed by atoms with Gasteiger partial charge in [-0.3, -0.25) is 14.4 Å². The van der Waals surface area contributed by atoms with E-state index in [0.717, 1.165) is 0 Å². The van der Waals surface area contributed by atoms with Crippen LogP contribution in [0.1, 0.15) is 18.4 Å². The molecule has 1 aliphatic heterocycles. The first-order chi connectivity index (χ1) is 9.35. The summed E-state index contributed by atoms with van der Waals surface area (Å²) in [5.74, 6) is -1.88. The lowest BCUT2D eigenvalue weighted by molar-refractivity contribution is -0.145. The first kappa shape index (κ1) is 14.8. The van der Waals surface area contributed by atoms with Crippen LogP contribution in [-0.4, -0.2) is 29.3 Å². The number of Topliss-reactive ketones (excluding diaryl/α,β-unsaturated/α-hetero) is 1. The minimum atomic E-state index is -1.44. The van der Waals surface area contributed by atoms with Crippen molar-refractivity contribution in [2.75, 3.05) is 6.54 Å². The predicted molar refractivity (Wildman–Crippen MR) is 73.0 cm³/mol. The van der Waals surface area contributed by atoms with E-state index in [1.807, 2.05) is 0 Å². The third-order valence-electron chi connectivity index (χ3n) is 3.30. The van der Waals surface area contributed by atoms with E-state index in [4.69, 9.17) is 28.3 Å². The van der Waals surface area contributed by atoms with E-state index in [1.54, 1.807) is 0 Å². The minimum absolute atomic E-state index is 0.0818. The Balaban J connectivity index is 2.55. The van der Waals surface area contributed by atoms with Gasteiger partial charge in [-0.05, 0) is 17.7 Å². The molecule has 1 unspecified atom stereocenters. The molecule has 1 aromatic rings. The van der Waals surface area contributed by atoms with Gasteiger partial charge in [-0.2, -0.15) is 0 Å². The van der Waals surface area contributed by atoms with Gasteiger partial charge in [0.1, 0.15) is 0 Å². The molecule has 1 aliphatic rings. The maximum atomic E-state index is 12.2. The van der Waals surface area contributed by atoms with E-state index in [1.165, 1.54) is 18.2 Å². The van der Waals surface area contributed by atoms with Gasteiger partial charge < -0.3 is 10.4 Å². The van der Waals surface area contributed by atoms with Crippen LogP contribution in [0.3, 0.4) is 0 Å². The smallest absolute Gasteiger partial charge is 0.304 e. The second-order valence-corrected chi connectivity index (χ2v) is 5.49. The molecule has 2 rings (SSSR count). The van der Waals surface area contributed by atoms with E-state index >= 15 is 0 Å². The van der Waals surface area contributed by atoms with Crippen LogP contribution < -0.4 is 5.32 Å². The summed E-state index contributed by atoms with van der Waals surface area (Å²) in [4.78, 5) is 35.0. The number of piperidine rings is 1. The van der Waals surface area contributed by atoms with E-state index in [-0.39, 0.29) is 23.8 Å². The average molecular weight is 316 g/mol. The normalized spacial score (nSPS) is 22.5. The lowest BCUT2D eigenvalue weighted by atomic mass is 9.71. The summed E-state index contributed by atoms with van der Waals surface area (Å²) in [6.45, 7) is -0.0818. The van der Waals surface area contributed by atoms with Gasteiger partial charge >= 0.3 is 5.97 Å². The zero-order valence-corrected chi connectivity index (χ0v) is 11.8. The lowest BCUT2D eigenvalue weighted by Crippen LogP contribution is -2.53. The topological polar surface area (TPSA) is 83.5 Å². The molecular weight excluding hydrogens is 305 g/mol. The van der Waals surface area contributed by atoms with Crippen molar-refractivity contribution >= 4 is 40.9 Å². The van der Waals surface area contributed by atoms with Gasteiger partial charge in [-0.25, -0.2) is 0 Å². The average Bonchev–Trinajstić information content (AvgIpc) is 2.36. The second kappa shape index (κ2) is 5.42. The molecule has 0 aliphatic carbocycles. The van der Waals surface area contributed by atoms with Gasteiger partial charge in [0.25, 0.3) is 0 Å². The minimum Gasteiger partial charge on any atom is -0.481 e. The molecule has 0 spiro atoms. The molecule has 20 heavy (non-hydrogen) atoms. The molecule has 0 radical (unpaired) electrons. The SMILES string of the molecule is O=C(O)CC1(c2ccc(Cl)c(Cl)c2)CC(=O)CNC1=O. The van der Waals surface area contributed by atoms with Gasteiger partial charge in [0.2, 0.25) is 5.91 Å². The number of nitrogens with one attached hydrogen (secondary N) is 1. The summed E-state index contributed by atoms with van der Waals surface area (Å²) < 4.78 is 0.